The lowest BCUT2D eigenvalue weighted by Crippen LogP contribution is -2.41. The predicted molar refractivity (Wildman–Crippen MR) is 94.7 cm³/mol. The van der Waals surface area contributed by atoms with E-state index in [9.17, 15) is 14.2 Å². The number of amides is 1. The summed E-state index contributed by atoms with van der Waals surface area (Å²) < 4.78 is 38.1. The third kappa shape index (κ3) is 4.78. The highest BCUT2D eigenvalue weighted by atomic mass is 31.2. The lowest BCUT2D eigenvalue weighted by molar-refractivity contribution is -0.121. The van der Waals surface area contributed by atoms with Gasteiger partial charge in [-0.05, 0) is 26.0 Å². The van der Waals surface area contributed by atoms with E-state index in [1.165, 1.54) is 14.2 Å². The summed E-state index contributed by atoms with van der Waals surface area (Å²) in [6, 6.07) is 3.24. The topological polar surface area (TPSA) is 121 Å². The second kappa shape index (κ2) is 9.18. The van der Waals surface area contributed by atoms with Crippen molar-refractivity contribution in [3.8, 4) is 11.5 Å². The van der Waals surface area contributed by atoms with Crippen LogP contribution in [0.5, 0.6) is 11.5 Å². The smallest absolute Gasteiger partial charge is 0.344 e. The fraction of sp³-hybridized carbons (Fsp3) is 0.500. The number of carbonyl (C=O) groups excluding carboxylic acids is 2. The molecule has 1 amide bonds. The highest BCUT2D eigenvalue weighted by Crippen LogP contribution is 2.47. The first kappa shape index (κ1) is 21.2. The molecule has 0 saturated carbocycles. The molecule has 0 aliphatic carbocycles. The second-order valence-electron chi connectivity index (χ2n) is 5.35. The van der Waals surface area contributed by atoms with Crippen LogP contribution in [0.3, 0.4) is 0 Å². The van der Waals surface area contributed by atoms with E-state index < -0.39 is 31.9 Å². The van der Waals surface area contributed by atoms with Crippen molar-refractivity contribution in [2.75, 3.05) is 33.6 Å². The molecule has 0 fully saturated rings. The van der Waals surface area contributed by atoms with Crippen LogP contribution in [-0.4, -0.2) is 45.5 Å². The van der Waals surface area contributed by atoms with Gasteiger partial charge >= 0.3 is 13.6 Å². The fourth-order valence-corrected chi connectivity index (χ4v) is 4.07. The lowest BCUT2D eigenvalue weighted by Gasteiger charge is -2.18. The van der Waals surface area contributed by atoms with E-state index in [0.29, 0.717) is 11.3 Å². The molecule has 0 aromatic heterocycles. The van der Waals surface area contributed by atoms with E-state index in [4.69, 9.17) is 23.3 Å². The molecule has 0 unspecified atom stereocenters. The number of esters is 1. The van der Waals surface area contributed by atoms with Gasteiger partial charge in [0.05, 0.1) is 27.4 Å². The zero-order chi connectivity index (χ0) is 20.0. The Morgan fingerprint density at radius 2 is 1.85 bits per heavy atom. The number of nitrogens with one attached hydrogen (secondary N) is 2. The molecule has 1 aromatic rings. The Balaban J connectivity index is 2.08. The van der Waals surface area contributed by atoms with E-state index in [2.05, 4.69) is 10.9 Å². The van der Waals surface area contributed by atoms with Crippen LogP contribution in [-0.2, 0) is 23.1 Å². The lowest BCUT2D eigenvalue weighted by atomic mass is 10.1. The van der Waals surface area contributed by atoms with Gasteiger partial charge < -0.3 is 23.3 Å². The molecule has 1 aliphatic heterocycles. The zero-order valence-electron chi connectivity index (χ0n) is 15.6. The third-order valence-corrected chi connectivity index (χ3v) is 5.60. The van der Waals surface area contributed by atoms with Crippen LogP contribution >= 0.6 is 7.60 Å². The number of rotatable bonds is 10. The van der Waals surface area contributed by atoms with Gasteiger partial charge in [0.15, 0.2) is 17.7 Å². The van der Waals surface area contributed by atoms with Crippen molar-refractivity contribution in [1.82, 2.24) is 10.9 Å². The molecule has 0 radical (unpaired) electrons. The predicted octanol–water partition coefficient (Wildman–Crippen LogP) is 1.76. The second-order valence-corrected chi connectivity index (χ2v) is 7.40. The summed E-state index contributed by atoms with van der Waals surface area (Å²) in [6.45, 7) is 3.59. The molecule has 0 spiro atoms. The molecule has 10 nitrogen and oxygen atoms in total. The number of cyclic esters (lactones) is 1. The maximum Gasteiger partial charge on any atom is 0.344 e. The first-order chi connectivity index (χ1) is 12.9. The Bertz CT molecular complexity index is 744. The maximum atomic E-state index is 12.4. The molecule has 0 bridgehead atoms. The first-order valence-corrected chi connectivity index (χ1v) is 10.00. The molecule has 2 rings (SSSR count). The Morgan fingerprint density at radius 3 is 2.41 bits per heavy atom. The fourth-order valence-electron chi connectivity index (χ4n) is 2.59. The normalized spacial score (nSPS) is 15.9. The Hall–Kier alpha value is -2.13. The van der Waals surface area contributed by atoms with Crippen molar-refractivity contribution in [2.45, 2.75) is 20.1 Å². The first-order valence-electron chi connectivity index (χ1n) is 8.27. The Kier molecular flexibility index (Phi) is 7.20. The number of hydrazine groups is 1. The minimum atomic E-state index is -3.53. The summed E-state index contributed by atoms with van der Waals surface area (Å²) in [5, 5.41) is 0. The van der Waals surface area contributed by atoms with E-state index in [0.717, 1.165) is 0 Å². The summed E-state index contributed by atoms with van der Waals surface area (Å²) >= 11 is 0. The number of benzene rings is 1. The molecule has 0 saturated heterocycles. The maximum absolute atomic E-state index is 12.4. The standard InChI is InChI=1S/C16H23N2O8P/c1-5-24-27(21,25-6-2)9-12(19)17-18-15-10-7-8-11(22-3)14(23-4)13(10)16(20)26-15/h7-8,15,18H,5-6,9H2,1-4H3,(H,17,19)/t15-/m1/s1. The molecule has 11 heteroatoms. The minimum absolute atomic E-state index is 0.146. The number of ether oxygens (including phenoxy) is 3. The Morgan fingerprint density at radius 1 is 1.19 bits per heavy atom. The molecule has 27 heavy (non-hydrogen) atoms. The van der Waals surface area contributed by atoms with Gasteiger partial charge in [0.25, 0.3) is 0 Å². The number of fused-ring (bicyclic) bond motifs is 1. The monoisotopic (exact) mass is 402 g/mol. The van der Waals surface area contributed by atoms with Crippen LogP contribution in [0.15, 0.2) is 12.1 Å². The number of methoxy groups -OCH3 is 2. The van der Waals surface area contributed by atoms with Crippen LogP contribution in [0.2, 0.25) is 0 Å². The van der Waals surface area contributed by atoms with Gasteiger partial charge in [-0.1, -0.05) is 0 Å². The molecule has 150 valence electrons. The van der Waals surface area contributed by atoms with Crippen molar-refractivity contribution >= 4 is 19.5 Å². The van der Waals surface area contributed by atoms with Crippen LogP contribution in [0.25, 0.3) is 0 Å². The van der Waals surface area contributed by atoms with Gasteiger partial charge in [0.2, 0.25) is 5.91 Å². The van der Waals surface area contributed by atoms with E-state index >= 15 is 0 Å². The minimum Gasteiger partial charge on any atom is -0.493 e. The number of hydrogen-bond acceptors (Lipinski definition) is 9. The summed E-state index contributed by atoms with van der Waals surface area (Å²) in [5.41, 5.74) is 5.62. The number of hydrogen-bond donors (Lipinski definition) is 2. The molecule has 1 aliphatic rings. The van der Waals surface area contributed by atoms with Gasteiger partial charge in [-0.2, -0.15) is 5.43 Å². The summed E-state index contributed by atoms with van der Waals surface area (Å²) in [4.78, 5) is 24.3. The molecular weight excluding hydrogens is 379 g/mol. The largest absolute Gasteiger partial charge is 0.493 e. The van der Waals surface area contributed by atoms with Crippen LogP contribution in [0.1, 0.15) is 36.0 Å². The molecular formula is C16H23N2O8P. The molecule has 1 heterocycles. The van der Waals surface area contributed by atoms with Gasteiger partial charge in [-0.25, -0.2) is 4.79 Å². The van der Waals surface area contributed by atoms with Crippen molar-refractivity contribution in [2.24, 2.45) is 0 Å². The van der Waals surface area contributed by atoms with Gasteiger partial charge in [-0.3, -0.25) is 14.8 Å². The average Bonchev–Trinajstić information content (AvgIpc) is 2.95. The molecule has 1 aromatic carbocycles. The van der Waals surface area contributed by atoms with Crippen LogP contribution < -0.4 is 20.3 Å². The Labute approximate surface area is 156 Å². The molecule has 2 N–H and O–H groups in total. The van der Waals surface area contributed by atoms with Gasteiger partial charge in [0.1, 0.15) is 11.7 Å². The van der Waals surface area contributed by atoms with E-state index in [-0.39, 0.29) is 24.5 Å². The van der Waals surface area contributed by atoms with Crippen molar-refractivity contribution in [3.63, 3.8) is 0 Å². The summed E-state index contributed by atoms with van der Waals surface area (Å²) in [5.74, 6) is -0.632. The van der Waals surface area contributed by atoms with Gasteiger partial charge in [0, 0.05) is 5.56 Å². The SMILES string of the molecule is CCOP(=O)(CC(=O)NN[C@@H]1OC(=O)c2c1ccc(OC)c2OC)OCC. The molecule has 1 atom stereocenters. The van der Waals surface area contributed by atoms with E-state index in [1.807, 2.05) is 0 Å². The zero-order valence-corrected chi connectivity index (χ0v) is 16.5. The van der Waals surface area contributed by atoms with Crippen molar-refractivity contribution in [3.05, 3.63) is 23.3 Å². The quantitative estimate of drug-likeness (QED) is 0.342. The van der Waals surface area contributed by atoms with Crippen LogP contribution in [0.4, 0.5) is 0 Å². The highest BCUT2D eigenvalue weighted by Gasteiger charge is 2.36. The van der Waals surface area contributed by atoms with E-state index in [1.54, 1.807) is 26.0 Å². The van der Waals surface area contributed by atoms with Gasteiger partial charge in [-0.15, -0.1) is 0 Å². The summed E-state index contributed by atoms with van der Waals surface area (Å²) in [6.07, 6.45) is -1.41. The summed E-state index contributed by atoms with van der Waals surface area (Å²) in [7, 11) is -0.671. The van der Waals surface area contributed by atoms with Crippen molar-refractivity contribution in [1.29, 1.82) is 0 Å². The van der Waals surface area contributed by atoms with Crippen LogP contribution in [0, 0.1) is 0 Å². The average molecular weight is 402 g/mol. The number of carbonyl (C=O) groups is 2. The highest BCUT2D eigenvalue weighted by molar-refractivity contribution is 7.54. The van der Waals surface area contributed by atoms with Crippen molar-refractivity contribution < 1.29 is 37.4 Å². The third-order valence-electron chi connectivity index (χ3n) is 3.62.